The monoisotopic (exact) mass is 279 g/mol. The first-order valence-corrected chi connectivity index (χ1v) is 7.16. The third kappa shape index (κ3) is 6.06. The van der Waals surface area contributed by atoms with Gasteiger partial charge in [0, 0.05) is 13.1 Å². The van der Waals surface area contributed by atoms with Crippen molar-refractivity contribution >= 4 is 5.97 Å². The zero-order valence-corrected chi connectivity index (χ0v) is 12.6. The first-order valence-electron chi connectivity index (χ1n) is 7.16. The number of aryl methyl sites for hydroxylation is 1. The van der Waals surface area contributed by atoms with Gasteiger partial charge in [-0.15, -0.1) is 0 Å². The minimum Gasteiger partial charge on any atom is -0.494 e. The van der Waals surface area contributed by atoms with Gasteiger partial charge < -0.3 is 14.7 Å². The second kappa shape index (κ2) is 8.59. The van der Waals surface area contributed by atoms with Gasteiger partial charge in [0.25, 0.3) is 0 Å². The van der Waals surface area contributed by atoms with E-state index < -0.39 is 5.97 Å². The first kappa shape index (κ1) is 16.5. The summed E-state index contributed by atoms with van der Waals surface area (Å²) in [7, 11) is 1.94. The second-order valence-corrected chi connectivity index (χ2v) is 5.20. The predicted octanol–water partition coefficient (Wildman–Crippen LogP) is 2.67. The summed E-state index contributed by atoms with van der Waals surface area (Å²) >= 11 is 0. The summed E-state index contributed by atoms with van der Waals surface area (Å²) < 4.78 is 5.67. The molecule has 1 atom stereocenters. The summed E-state index contributed by atoms with van der Waals surface area (Å²) in [6.07, 6.45) is 1.92. The lowest BCUT2D eigenvalue weighted by Gasteiger charge is -2.18. The van der Waals surface area contributed by atoms with E-state index in [4.69, 9.17) is 9.84 Å². The molecular formula is C16H25NO3. The van der Waals surface area contributed by atoms with Gasteiger partial charge in [0.1, 0.15) is 5.75 Å². The Hall–Kier alpha value is -1.55. The van der Waals surface area contributed by atoms with E-state index in [1.165, 1.54) is 5.56 Å². The van der Waals surface area contributed by atoms with Gasteiger partial charge in [-0.25, -0.2) is 0 Å². The third-order valence-corrected chi connectivity index (χ3v) is 3.29. The highest BCUT2D eigenvalue weighted by atomic mass is 16.5. The van der Waals surface area contributed by atoms with Gasteiger partial charge in [0.15, 0.2) is 0 Å². The molecule has 0 aliphatic rings. The molecule has 0 saturated heterocycles. The van der Waals surface area contributed by atoms with Crippen molar-refractivity contribution < 1.29 is 14.6 Å². The Labute approximate surface area is 121 Å². The van der Waals surface area contributed by atoms with E-state index in [1.54, 1.807) is 6.92 Å². The quantitative estimate of drug-likeness (QED) is 0.706. The van der Waals surface area contributed by atoms with Crippen LogP contribution in [-0.2, 0) is 11.2 Å². The maximum Gasteiger partial charge on any atom is 0.307 e. The van der Waals surface area contributed by atoms with Crippen LogP contribution in [-0.4, -0.2) is 42.7 Å². The molecule has 0 amide bonds. The number of nitrogens with zero attached hydrogens (tertiary/aromatic N) is 1. The molecule has 0 bridgehead atoms. The lowest BCUT2D eigenvalue weighted by molar-refractivity contribution is -0.141. The van der Waals surface area contributed by atoms with E-state index in [9.17, 15) is 4.79 Å². The Kier molecular flexibility index (Phi) is 7.09. The normalized spacial score (nSPS) is 12.4. The molecule has 0 heterocycles. The number of carboxylic acids is 1. The highest BCUT2D eigenvalue weighted by molar-refractivity contribution is 5.69. The molecule has 0 aromatic heterocycles. The van der Waals surface area contributed by atoms with Crippen LogP contribution in [0.4, 0.5) is 0 Å². The Balaban J connectivity index is 2.19. The molecule has 0 fully saturated rings. The van der Waals surface area contributed by atoms with Crippen LogP contribution in [0.1, 0.15) is 25.8 Å². The van der Waals surface area contributed by atoms with E-state index in [2.05, 4.69) is 19.1 Å². The zero-order valence-electron chi connectivity index (χ0n) is 12.6. The fourth-order valence-corrected chi connectivity index (χ4v) is 1.98. The van der Waals surface area contributed by atoms with E-state index in [0.717, 1.165) is 25.1 Å². The molecule has 1 aromatic carbocycles. The summed E-state index contributed by atoms with van der Waals surface area (Å²) in [6.45, 7) is 5.91. The average molecular weight is 279 g/mol. The number of hydrogen-bond donors (Lipinski definition) is 1. The zero-order chi connectivity index (χ0) is 15.0. The molecule has 0 aliphatic carbocycles. The highest BCUT2D eigenvalue weighted by Crippen LogP contribution is 2.12. The summed E-state index contributed by atoms with van der Waals surface area (Å²) in [5.74, 6) is -0.185. The maximum atomic E-state index is 10.8. The Morgan fingerprint density at radius 1 is 1.35 bits per heavy atom. The second-order valence-electron chi connectivity index (χ2n) is 5.20. The topological polar surface area (TPSA) is 49.8 Å². The number of hydrogen-bond acceptors (Lipinski definition) is 3. The largest absolute Gasteiger partial charge is 0.494 e. The Morgan fingerprint density at radius 2 is 2.00 bits per heavy atom. The standard InChI is InChI=1S/C16H25NO3/c1-4-14-6-8-15(9-7-14)20-11-5-10-17(3)12-13(2)16(18)19/h6-9,13H,4-5,10-12H2,1-3H3,(H,18,19). The minimum atomic E-state index is -0.746. The van der Waals surface area contributed by atoms with Crippen molar-refractivity contribution in [3.63, 3.8) is 0 Å². The number of carbonyl (C=O) groups is 1. The molecule has 1 aromatic rings. The van der Waals surface area contributed by atoms with Gasteiger partial charge in [0.2, 0.25) is 0 Å². The average Bonchev–Trinajstić information content (AvgIpc) is 2.44. The number of aliphatic carboxylic acids is 1. The lowest BCUT2D eigenvalue weighted by atomic mass is 10.2. The molecule has 4 nitrogen and oxygen atoms in total. The summed E-state index contributed by atoms with van der Waals surface area (Å²) in [5, 5.41) is 8.84. The van der Waals surface area contributed by atoms with Crippen LogP contribution in [0.3, 0.4) is 0 Å². The summed E-state index contributed by atoms with van der Waals surface area (Å²) in [4.78, 5) is 12.8. The van der Waals surface area contributed by atoms with Crippen LogP contribution in [0.5, 0.6) is 5.75 Å². The van der Waals surface area contributed by atoms with Crippen LogP contribution < -0.4 is 4.74 Å². The van der Waals surface area contributed by atoms with E-state index in [1.807, 2.05) is 24.1 Å². The van der Waals surface area contributed by atoms with Crippen LogP contribution in [0, 0.1) is 5.92 Å². The third-order valence-electron chi connectivity index (χ3n) is 3.29. The summed E-state index contributed by atoms with van der Waals surface area (Å²) in [6, 6.07) is 8.15. The van der Waals surface area contributed by atoms with E-state index in [-0.39, 0.29) is 5.92 Å². The van der Waals surface area contributed by atoms with Crippen molar-refractivity contribution in [2.45, 2.75) is 26.7 Å². The molecule has 0 aliphatic heterocycles. The molecule has 112 valence electrons. The van der Waals surface area contributed by atoms with Crippen molar-refractivity contribution in [1.82, 2.24) is 4.90 Å². The first-order chi connectivity index (χ1) is 9.52. The van der Waals surface area contributed by atoms with Gasteiger partial charge in [0.05, 0.1) is 12.5 Å². The SMILES string of the molecule is CCc1ccc(OCCCN(C)CC(C)C(=O)O)cc1. The van der Waals surface area contributed by atoms with E-state index in [0.29, 0.717) is 13.2 Å². The van der Waals surface area contributed by atoms with Crippen LogP contribution in [0.25, 0.3) is 0 Å². The number of rotatable bonds is 9. The smallest absolute Gasteiger partial charge is 0.307 e. The van der Waals surface area contributed by atoms with Crippen molar-refractivity contribution in [3.8, 4) is 5.75 Å². The van der Waals surface area contributed by atoms with Crippen molar-refractivity contribution in [3.05, 3.63) is 29.8 Å². The lowest BCUT2D eigenvalue weighted by Crippen LogP contribution is -2.30. The van der Waals surface area contributed by atoms with Crippen molar-refractivity contribution in [2.75, 3.05) is 26.7 Å². The fraction of sp³-hybridized carbons (Fsp3) is 0.562. The van der Waals surface area contributed by atoms with E-state index >= 15 is 0 Å². The molecule has 1 rings (SSSR count). The van der Waals surface area contributed by atoms with Crippen LogP contribution >= 0.6 is 0 Å². The molecule has 0 saturated carbocycles. The van der Waals surface area contributed by atoms with Gasteiger partial charge in [-0.2, -0.15) is 0 Å². The molecule has 0 spiro atoms. The van der Waals surface area contributed by atoms with Gasteiger partial charge in [-0.05, 0) is 37.6 Å². The van der Waals surface area contributed by atoms with Gasteiger partial charge in [-0.1, -0.05) is 26.0 Å². The molecule has 1 N–H and O–H groups in total. The highest BCUT2D eigenvalue weighted by Gasteiger charge is 2.12. The van der Waals surface area contributed by atoms with Crippen molar-refractivity contribution in [2.24, 2.45) is 5.92 Å². The number of ether oxygens (including phenoxy) is 1. The minimum absolute atomic E-state index is 0.331. The number of benzene rings is 1. The number of carboxylic acid groups (broad SMARTS) is 1. The molecule has 4 heteroatoms. The van der Waals surface area contributed by atoms with Gasteiger partial charge >= 0.3 is 5.97 Å². The summed E-state index contributed by atoms with van der Waals surface area (Å²) in [5.41, 5.74) is 1.31. The Bertz CT molecular complexity index is 403. The Morgan fingerprint density at radius 3 is 2.55 bits per heavy atom. The fourth-order valence-electron chi connectivity index (χ4n) is 1.98. The van der Waals surface area contributed by atoms with Gasteiger partial charge in [-0.3, -0.25) is 4.79 Å². The predicted molar refractivity (Wildman–Crippen MR) is 80.2 cm³/mol. The van der Waals surface area contributed by atoms with Crippen LogP contribution in [0.2, 0.25) is 0 Å². The molecular weight excluding hydrogens is 254 g/mol. The maximum absolute atomic E-state index is 10.8. The molecule has 0 radical (unpaired) electrons. The van der Waals surface area contributed by atoms with Crippen molar-refractivity contribution in [1.29, 1.82) is 0 Å². The van der Waals surface area contributed by atoms with Crippen LogP contribution in [0.15, 0.2) is 24.3 Å². The molecule has 20 heavy (non-hydrogen) atoms. The molecule has 1 unspecified atom stereocenters.